The Bertz CT molecular complexity index is 554. The molecule has 3 heterocycles. The van der Waals surface area contributed by atoms with Crippen molar-refractivity contribution in [3.05, 3.63) is 35.4 Å². The van der Waals surface area contributed by atoms with Gasteiger partial charge in [0.25, 0.3) is 5.91 Å². The van der Waals surface area contributed by atoms with Crippen molar-refractivity contribution in [2.24, 2.45) is 0 Å². The fraction of sp³-hybridized carbons (Fsp3) is 0.533. The highest BCUT2D eigenvalue weighted by atomic mass is 16.8. The third-order valence-corrected chi connectivity index (χ3v) is 4.30. The molecule has 0 radical (unpaired) electrons. The van der Waals surface area contributed by atoms with Crippen molar-refractivity contribution >= 4 is 5.91 Å². The van der Waals surface area contributed by atoms with Crippen LogP contribution in [0.1, 0.15) is 31.0 Å². The van der Waals surface area contributed by atoms with Gasteiger partial charge in [0.2, 0.25) is 0 Å². The Labute approximate surface area is 112 Å². The molecule has 3 aliphatic heterocycles. The normalized spacial score (nSPS) is 34.9. The minimum absolute atomic E-state index is 0.0178. The first-order valence-corrected chi connectivity index (χ1v) is 6.81. The number of amides is 1. The molecular formula is C15H17NO3. The second kappa shape index (κ2) is 3.58. The molecule has 3 atom stereocenters. The lowest BCUT2D eigenvalue weighted by molar-refractivity contribution is -0.173. The van der Waals surface area contributed by atoms with E-state index in [-0.39, 0.29) is 18.1 Å². The number of ether oxygens (including phenoxy) is 2. The van der Waals surface area contributed by atoms with Gasteiger partial charge in [-0.15, -0.1) is 0 Å². The summed E-state index contributed by atoms with van der Waals surface area (Å²) in [6, 6.07) is 8.35. The summed E-state index contributed by atoms with van der Waals surface area (Å²) in [5, 5.41) is 0. The molecule has 2 saturated heterocycles. The van der Waals surface area contributed by atoms with Gasteiger partial charge in [-0.25, -0.2) is 0 Å². The van der Waals surface area contributed by atoms with Crippen LogP contribution in [0.4, 0.5) is 0 Å². The number of nitrogens with zero attached hydrogens (tertiary/aromatic N) is 1. The van der Waals surface area contributed by atoms with Gasteiger partial charge >= 0.3 is 0 Å². The first-order valence-electron chi connectivity index (χ1n) is 6.81. The zero-order valence-corrected chi connectivity index (χ0v) is 11.1. The number of fused-ring (bicyclic) bond motifs is 5. The maximum absolute atomic E-state index is 12.4. The molecular weight excluding hydrogens is 242 g/mol. The van der Waals surface area contributed by atoms with Crippen LogP contribution in [0.5, 0.6) is 0 Å². The predicted octanol–water partition coefficient (Wildman–Crippen LogP) is 1.65. The highest BCUT2D eigenvalue weighted by Crippen LogP contribution is 2.46. The van der Waals surface area contributed by atoms with Crippen molar-refractivity contribution in [1.29, 1.82) is 0 Å². The van der Waals surface area contributed by atoms with E-state index in [4.69, 9.17) is 9.47 Å². The van der Waals surface area contributed by atoms with E-state index in [2.05, 4.69) is 18.2 Å². The maximum Gasteiger partial charge on any atom is 0.255 e. The third-order valence-electron chi connectivity index (χ3n) is 4.30. The lowest BCUT2D eigenvalue weighted by Gasteiger charge is -2.35. The number of hydrogen-bond donors (Lipinski definition) is 0. The first kappa shape index (κ1) is 11.4. The Morgan fingerprint density at radius 3 is 2.89 bits per heavy atom. The summed E-state index contributed by atoms with van der Waals surface area (Å²) in [7, 11) is 0. The van der Waals surface area contributed by atoms with E-state index in [1.165, 1.54) is 11.1 Å². The summed E-state index contributed by atoms with van der Waals surface area (Å²) in [4.78, 5) is 14.4. The molecule has 0 spiro atoms. The topological polar surface area (TPSA) is 38.8 Å². The average molecular weight is 259 g/mol. The Balaban J connectivity index is 1.80. The SMILES string of the molecule is CC1(C)O[C@@H]2[C@H](O1)C(=O)N1CCc3ccccc3[C@H]21. The zero-order chi connectivity index (χ0) is 13.2. The molecule has 100 valence electrons. The van der Waals surface area contributed by atoms with Crippen LogP contribution in [-0.4, -0.2) is 35.3 Å². The van der Waals surface area contributed by atoms with E-state index >= 15 is 0 Å². The Morgan fingerprint density at radius 1 is 1.26 bits per heavy atom. The van der Waals surface area contributed by atoms with Gasteiger partial charge in [-0.2, -0.15) is 0 Å². The highest BCUT2D eigenvalue weighted by Gasteiger charge is 2.58. The van der Waals surface area contributed by atoms with Gasteiger partial charge < -0.3 is 14.4 Å². The average Bonchev–Trinajstić information content (AvgIpc) is 2.83. The van der Waals surface area contributed by atoms with Gasteiger partial charge in [0, 0.05) is 6.54 Å². The van der Waals surface area contributed by atoms with Crippen molar-refractivity contribution in [3.63, 3.8) is 0 Å². The molecule has 0 N–H and O–H groups in total. The van der Waals surface area contributed by atoms with Gasteiger partial charge in [-0.1, -0.05) is 24.3 Å². The number of carbonyl (C=O) groups excluding carboxylic acids is 1. The molecule has 3 aliphatic rings. The van der Waals surface area contributed by atoms with E-state index < -0.39 is 11.9 Å². The minimum atomic E-state index is -0.663. The summed E-state index contributed by atoms with van der Waals surface area (Å²) in [5.41, 5.74) is 2.54. The smallest absolute Gasteiger partial charge is 0.255 e. The van der Waals surface area contributed by atoms with Gasteiger partial charge in [-0.05, 0) is 31.4 Å². The van der Waals surface area contributed by atoms with Crippen LogP contribution in [0.15, 0.2) is 24.3 Å². The quantitative estimate of drug-likeness (QED) is 0.711. The Morgan fingerprint density at radius 2 is 2.05 bits per heavy atom. The number of carbonyl (C=O) groups is 1. The summed E-state index contributed by atoms with van der Waals surface area (Å²) < 4.78 is 11.8. The first-order chi connectivity index (χ1) is 9.07. The van der Waals surface area contributed by atoms with Crippen molar-refractivity contribution in [2.75, 3.05) is 6.54 Å². The predicted molar refractivity (Wildman–Crippen MR) is 68.4 cm³/mol. The molecule has 0 saturated carbocycles. The standard InChI is InChI=1S/C15H17NO3/c1-15(2)18-12-11-10-6-4-3-5-9(10)7-8-16(11)14(17)13(12)19-15/h3-6,11-13H,7-8H2,1-2H3/t11-,12+,13+/m1/s1. The fourth-order valence-electron chi connectivity index (χ4n) is 3.57. The van der Waals surface area contributed by atoms with Crippen LogP contribution in [0, 0.1) is 0 Å². The molecule has 1 aromatic carbocycles. The van der Waals surface area contributed by atoms with Crippen LogP contribution in [0.2, 0.25) is 0 Å². The van der Waals surface area contributed by atoms with Crippen molar-refractivity contribution in [1.82, 2.24) is 4.90 Å². The summed E-state index contributed by atoms with van der Waals surface area (Å²) in [6.07, 6.45) is 0.302. The molecule has 1 aromatic rings. The Kier molecular flexibility index (Phi) is 2.16. The Hall–Kier alpha value is -1.39. The van der Waals surface area contributed by atoms with Gasteiger partial charge in [-0.3, -0.25) is 4.79 Å². The zero-order valence-electron chi connectivity index (χ0n) is 11.1. The van der Waals surface area contributed by atoms with Crippen molar-refractivity contribution in [2.45, 2.75) is 44.3 Å². The van der Waals surface area contributed by atoms with E-state index in [9.17, 15) is 4.79 Å². The summed E-state index contributed by atoms with van der Waals surface area (Å²) in [5.74, 6) is -0.584. The van der Waals surface area contributed by atoms with Crippen molar-refractivity contribution < 1.29 is 14.3 Å². The van der Waals surface area contributed by atoms with Gasteiger partial charge in [0.15, 0.2) is 11.9 Å². The molecule has 0 bridgehead atoms. The minimum Gasteiger partial charge on any atom is -0.341 e. The number of rotatable bonds is 0. The molecule has 0 aliphatic carbocycles. The van der Waals surface area contributed by atoms with Crippen LogP contribution >= 0.6 is 0 Å². The largest absolute Gasteiger partial charge is 0.341 e. The van der Waals surface area contributed by atoms with Crippen LogP contribution in [0.25, 0.3) is 0 Å². The molecule has 19 heavy (non-hydrogen) atoms. The van der Waals surface area contributed by atoms with E-state index in [1.807, 2.05) is 24.8 Å². The van der Waals surface area contributed by atoms with Gasteiger partial charge in [0.1, 0.15) is 6.10 Å². The van der Waals surface area contributed by atoms with E-state index in [0.717, 1.165) is 13.0 Å². The monoisotopic (exact) mass is 259 g/mol. The molecule has 0 unspecified atom stereocenters. The highest BCUT2D eigenvalue weighted by molar-refractivity contribution is 5.86. The summed E-state index contributed by atoms with van der Waals surface area (Å²) in [6.45, 7) is 4.51. The van der Waals surface area contributed by atoms with Gasteiger partial charge in [0.05, 0.1) is 6.04 Å². The van der Waals surface area contributed by atoms with Crippen LogP contribution < -0.4 is 0 Å². The summed E-state index contributed by atoms with van der Waals surface area (Å²) >= 11 is 0. The van der Waals surface area contributed by atoms with Crippen LogP contribution in [-0.2, 0) is 20.7 Å². The molecule has 4 rings (SSSR count). The fourth-order valence-corrected chi connectivity index (χ4v) is 3.57. The van der Waals surface area contributed by atoms with Crippen molar-refractivity contribution in [3.8, 4) is 0 Å². The lowest BCUT2D eigenvalue weighted by Crippen LogP contribution is -2.39. The molecule has 4 nitrogen and oxygen atoms in total. The number of hydrogen-bond acceptors (Lipinski definition) is 3. The van der Waals surface area contributed by atoms with E-state index in [1.54, 1.807) is 0 Å². The second-order valence-corrected chi connectivity index (χ2v) is 5.95. The molecule has 2 fully saturated rings. The maximum atomic E-state index is 12.4. The molecule has 4 heteroatoms. The lowest BCUT2D eigenvalue weighted by atomic mass is 9.91. The molecule has 1 amide bonds. The second-order valence-electron chi connectivity index (χ2n) is 5.95. The third kappa shape index (κ3) is 1.50. The number of benzene rings is 1. The molecule has 0 aromatic heterocycles. The van der Waals surface area contributed by atoms with Crippen LogP contribution in [0.3, 0.4) is 0 Å². The van der Waals surface area contributed by atoms with E-state index in [0.29, 0.717) is 0 Å².